The third-order valence-electron chi connectivity index (χ3n) is 5.49. The SMILES string of the molecule is COc1ccc(CCNc2nccc(-c3cccc(CC(=O)CCCN(C)C)c3)n2)cc1OC. The van der Waals surface area contributed by atoms with Crippen LogP contribution in [0.4, 0.5) is 5.95 Å². The largest absolute Gasteiger partial charge is 0.493 e. The highest BCUT2D eigenvalue weighted by Gasteiger charge is 2.08. The Kier molecular flexibility index (Phi) is 9.40. The van der Waals surface area contributed by atoms with Crippen LogP contribution in [0.2, 0.25) is 0 Å². The number of carbonyl (C=O) groups is 1. The van der Waals surface area contributed by atoms with Crippen molar-refractivity contribution in [3.8, 4) is 22.8 Å². The molecule has 3 rings (SSSR count). The summed E-state index contributed by atoms with van der Waals surface area (Å²) in [6.45, 7) is 1.61. The predicted octanol–water partition coefficient (Wildman–Crippen LogP) is 4.27. The summed E-state index contributed by atoms with van der Waals surface area (Å²) in [5, 5.41) is 3.30. The third-order valence-corrected chi connectivity index (χ3v) is 5.49. The van der Waals surface area contributed by atoms with Crippen LogP contribution in [0.25, 0.3) is 11.3 Å². The van der Waals surface area contributed by atoms with E-state index in [0.717, 1.165) is 41.8 Å². The van der Waals surface area contributed by atoms with Crippen molar-refractivity contribution in [2.45, 2.75) is 25.7 Å². The molecule has 0 radical (unpaired) electrons. The molecule has 0 atom stereocenters. The van der Waals surface area contributed by atoms with Crippen molar-refractivity contribution in [1.29, 1.82) is 0 Å². The van der Waals surface area contributed by atoms with E-state index >= 15 is 0 Å². The summed E-state index contributed by atoms with van der Waals surface area (Å²) in [6, 6.07) is 15.8. The van der Waals surface area contributed by atoms with Crippen LogP contribution in [0.1, 0.15) is 24.0 Å². The van der Waals surface area contributed by atoms with Crippen molar-refractivity contribution in [3.63, 3.8) is 0 Å². The average molecular weight is 463 g/mol. The highest BCUT2D eigenvalue weighted by molar-refractivity contribution is 5.81. The van der Waals surface area contributed by atoms with Crippen LogP contribution in [-0.4, -0.2) is 62.1 Å². The first-order valence-electron chi connectivity index (χ1n) is 11.5. The van der Waals surface area contributed by atoms with Gasteiger partial charge in [-0.3, -0.25) is 4.79 Å². The molecule has 0 bridgehead atoms. The minimum Gasteiger partial charge on any atom is -0.493 e. The molecule has 7 nitrogen and oxygen atoms in total. The minimum atomic E-state index is 0.263. The lowest BCUT2D eigenvalue weighted by molar-refractivity contribution is -0.118. The number of hydrogen-bond donors (Lipinski definition) is 1. The van der Waals surface area contributed by atoms with E-state index in [4.69, 9.17) is 9.47 Å². The zero-order valence-electron chi connectivity index (χ0n) is 20.5. The lowest BCUT2D eigenvalue weighted by atomic mass is 10.0. The van der Waals surface area contributed by atoms with Gasteiger partial charge >= 0.3 is 0 Å². The van der Waals surface area contributed by atoms with Gasteiger partial charge in [-0.25, -0.2) is 9.97 Å². The molecule has 1 N–H and O–H groups in total. The molecular weight excluding hydrogens is 428 g/mol. The van der Waals surface area contributed by atoms with E-state index in [-0.39, 0.29) is 5.78 Å². The molecule has 0 saturated carbocycles. The van der Waals surface area contributed by atoms with Gasteiger partial charge in [0.2, 0.25) is 5.95 Å². The maximum Gasteiger partial charge on any atom is 0.223 e. The van der Waals surface area contributed by atoms with E-state index in [0.29, 0.717) is 36.8 Å². The number of hydrogen-bond acceptors (Lipinski definition) is 7. The van der Waals surface area contributed by atoms with Crippen LogP contribution >= 0.6 is 0 Å². The molecule has 2 aromatic carbocycles. The molecule has 0 aliphatic heterocycles. The molecule has 0 aliphatic carbocycles. The number of nitrogens with one attached hydrogen (secondary N) is 1. The monoisotopic (exact) mass is 462 g/mol. The zero-order valence-corrected chi connectivity index (χ0v) is 20.5. The Morgan fingerprint density at radius 2 is 1.82 bits per heavy atom. The number of carbonyl (C=O) groups excluding carboxylic acids is 1. The lowest BCUT2D eigenvalue weighted by Crippen LogP contribution is -2.14. The third kappa shape index (κ3) is 7.56. The van der Waals surface area contributed by atoms with Gasteiger partial charge in [-0.15, -0.1) is 0 Å². The van der Waals surface area contributed by atoms with E-state index in [1.807, 2.05) is 62.6 Å². The summed E-state index contributed by atoms with van der Waals surface area (Å²) >= 11 is 0. The van der Waals surface area contributed by atoms with E-state index in [1.54, 1.807) is 20.4 Å². The molecule has 0 amide bonds. The second kappa shape index (κ2) is 12.7. The second-order valence-electron chi connectivity index (χ2n) is 8.45. The van der Waals surface area contributed by atoms with Crippen LogP contribution in [0, 0.1) is 0 Å². The average Bonchev–Trinajstić information content (AvgIpc) is 2.84. The Hall–Kier alpha value is -3.45. The number of nitrogens with zero attached hydrogens (tertiary/aromatic N) is 3. The molecule has 7 heteroatoms. The van der Waals surface area contributed by atoms with Gasteiger partial charge in [0.15, 0.2) is 11.5 Å². The number of methoxy groups -OCH3 is 2. The van der Waals surface area contributed by atoms with Crippen molar-refractivity contribution in [2.24, 2.45) is 0 Å². The Morgan fingerprint density at radius 3 is 2.59 bits per heavy atom. The van der Waals surface area contributed by atoms with Crippen LogP contribution in [0.15, 0.2) is 54.7 Å². The number of ketones is 1. The van der Waals surface area contributed by atoms with Gasteiger partial charge in [0.25, 0.3) is 0 Å². The van der Waals surface area contributed by atoms with Gasteiger partial charge in [0.05, 0.1) is 19.9 Å². The quantitative estimate of drug-likeness (QED) is 0.406. The molecule has 0 fully saturated rings. The van der Waals surface area contributed by atoms with Gasteiger partial charge in [-0.2, -0.15) is 0 Å². The molecule has 0 saturated heterocycles. The fourth-order valence-corrected chi connectivity index (χ4v) is 3.71. The van der Waals surface area contributed by atoms with Gasteiger partial charge in [0, 0.05) is 31.1 Å². The fourth-order valence-electron chi connectivity index (χ4n) is 3.71. The number of aromatic nitrogens is 2. The number of rotatable bonds is 13. The fraction of sp³-hybridized carbons (Fsp3) is 0.370. The van der Waals surface area contributed by atoms with Crippen LogP contribution in [-0.2, 0) is 17.6 Å². The van der Waals surface area contributed by atoms with Crippen LogP contribution in [0.5, 0.6) is 11.5 Å². The van der Waals surface area contributed by atoms with Crippen molar-refractivity contribution >= 4 is 11.7 Å². The first kappa shape index (κ1) is 25.2. The van der Waals surface area contributed by atoms with E-state index in [9.17, 15) is 4.79 Å². The highest BCUT2D eigenvalue weighted by Crippen LogP contribution is 2.27. The summed E-state index contributed by atoms with van der Waals surface area (Å²) in [5.74, 6) is 2.27. The zero-order chi connectivity index (χ0) is 24.3. The van der Waals surface area contributed by atoms with Crippen molar-refractivity contribution in [1.82, 2.24) is 14.9 Å². The topological polar surface area (TPSA) is 76.6 Å². The molecule has 34 heavy (non-hydrogen) atoms. The first-order valence-corrected chi connectivity index (χ1v) is 11.5. The molecule has 180 valence electrons. The normalized spacial score (nSPS) is 10.9. The number of anilines is 1. The molecule has 1 aromatic heterocycles. The van der Waals surface area contributed by atoms with E-state index in [1.165, 1.54) is 0 Å². The summed E-state index contributed by atoms with van der Waals surface area (Å²) in [6.07, 6.45) is 4.47. The summed E-state index contributed by atoms with van der Waals surface area (Å²) in [5.41, 5.74) is 3.94. The molecule has 1 heterocycles. The number of Topliss-reactive ketones (excluding diaryl/α,β-unsaturated/α-hetero) is 1. The molecular formula is C27H34N4O3. The Labute approximate surface area is 202 Å². The number of ether oxygens (including phenoxy) is 2. The van der Waals surface area contributed by atoms with Gasteiger partial charge < -0.3 is 19.7 Å². The van der Waals surface area contributed by atoms with Crippen molar-refractivity contribution in [2.75, 3.05) is 46.7 Å². The first-order chi connectivity index (χ1) is 16.5. The highest BCUT2D eigenvalue weighted by atomic mass is 16.5. The van der Waals surface area contributed by atoms with Crippen LogP contribution in [0.3, 0.4) is 0 Å². The van der Waals surface area contributed by atoms with Gasteiger partial charge in [0.1, 0.15) is 5.78 Å². The van der Waals surface area contributed by atoms with Crippen LogP contribution < -0.4 is 14.8 Å². The maximum atomic E-state index is 12.3. The molecule has 0 spiro atoms. The summed E-state index contributed by atoms with van der Waals surface area (Å²) in [7, 11) is 7.31. The predicted molar refractivity (Wildman–Crippen MR) is 136 cm³/mol. The van der Waals surface area contributed by atoms with Crippen molar-refractivity contribution < 1.29 is 14.3 Å². The van der Waals surface area contributed by atoms with E-state index < -0.39 is 0 Å². The van der Waals surface area contributed by atoms with Gasteiger partial charge in [-0.05, 0) is 68.9 Å². The number of benzene rings is 2. The Bertz CT molecular complexity index is 1080. The molecule has 3 aromatic rings. The standard InChI is InChI=1S/C27H34N4O3/c1-31(2)16-6-9-23(32)18-21-7-5-8-22(17-21)24-13-15-29-27(30-24)28-14-12-20-10-11-25(33-3)26(19-20)34-4/h5,7-8,10-11,13,15,17,19H,6,9,12,14,16,18H2,1-4H3,(H,28,29,30). The lowest BCUT2D eigenvalue weighted by Gasteiger charge is -2.11. The van der Waals surface area contributed by atoms with Gasteiger partial charge in [-0.1, -0.05) is 24.3 Å². The Balaban J connectivity index is 1.59. The molecule has 0 aliphatic rings. The Morgan fingerprint density at radius 1 is 1.00 bits per heavy atom. The maximum absolute atomic E-state index is 12.3. The summed E-state index contributed by atoms with van der Waals surface area (Å²) in [4.78, 5) is 23.5. The minimum absolute atomic E-state index is 0.263. The molecule has 0 unspecified atom stereocenters. The smallest absolute Gasteiger partial charge is 0.223 e. The summed E-state index contributed by atoms with van der Waals surface area (Å²) < 4.78 is 10.7. The van der Waals surface area contributed by atoms with Crippen molar-refractivity contribution in [3.05, 3.63) is 65.9 Å². The second-order valence-corrected chi connectivity index (χ2v) is 8.45. The van der Waals surface area contributed by atoms with E-state index in [2.05, 4.69) is 20.2 Å².